The second kappa shape index (κ2) is 7.58. The number of nitrogens with zero attached hydrogens (tertiary/aromatic N) is 2. The Morgan fingerprint density at radius 2 is 1.94 bits per heavy atom. The van der Waals surface area contributed by atoms with Gasteiger partial charge >= 0.3 is 12.0 Å². The molecule has 16 heavy (non-hydrogen) atoms. The fourth-order valence-electron chi connectivity index (χ4n) is 0.676. The molecule has 1 heterocycles. The van der Waals surface area contributed by atoms with Crippen LogP contribution < -0.4 is 10.5 Å². The highest BCUT2D eigenvalue weighted by Gasteiger charge is 2.14. The van der Waals surface area contributed by atoms with Crippen LogP contribution in [0.5, 0.6) is 6.01 Å². The second-order valence-electron chi connectivity index (χ2n) is 3.34. The van der Waals surface area contributed by atoms with Gasteiger partial charge in [-0.15, -0.1) is 0 Å². The van der Waals surface area contributed by atoms with Crippen LogP contribution in [-0.4, -0.2) is 34.2 Å². The van der Waals surface area contributed by atoms with Gasteiger partial charge in [0.15, 0.2) is 0 Å². The molecule has 0 unspecified atom stereocenters. The lowest BCUT2D eigenvalue weighted by Gasteiger charge is -2.07. The lowest BCUT2D eigenvalue weighted by atomic mass is 10.1. The lowest BCUT2D eigenvalue weighted by molar-refractivity contribution is -0.139. The molecule has 0 aromatic carbocycles. The predicted octanol–water partition coefficient (Wildman–Crippen LogP) is 0.539. The fourth-order valence-corrected chi connectivity index (χ4v) is 0.676. The number of ether oxygens (including phenoxy) is 1. The predicted molar refractivity (Wildman–Crippen MR) is 59.0 cm³/mol. The average Bonchev–Trinajstić information content (AvgIpc) is 2.29. The van der Waals surface area contributed by atoms with Crippen molar-refractivity contribution in [3.8, 4) is 6.01 Å². The van der Waals surface area contributed by atoms with Crippen molar-refractivity contribution in [2.45, 2.75) is 19.9 Å². The van der Waals surface area contributed by atoms with Crippen LogP contribution in [0.1, 0.15) is 13.8 Å². The highest BCUT2D eigenvalue weighted by atomic mass is 16.5. The Kier molecular flexibility index (Phi) is 6.78. The smallest absolute Gasteiger partial charge is 0.320 e. The molecule has 0 spiro atoms. The molecule has 0 fully saturated rings. The third-order valence-electron chi connectivity index (χ3n) is 1.73. The zero-order chi connectivity index (χ0) is 12.6. The van der Waals surface area contributed by atoms with E-state index in [0.29, 0.717) is 6.01 Å². The van der Waals surface area contributed by atoms with Gasteiger partial charge in [-0.2, -0.15) is 0 Å². The number of nitrogens with two attached hydrogens (primary N) is 1. The molecule has 0 bridgehead atoms. The second-order valence-corrected chi connectivity index (χ2v) is 3.34. The van der Waals surface area contributed by atoms with E-state index >= 15 is 0 Å². The number of aromatic nitrogens is 2. The molecule has 0 amide bonds. The van der Waals surface area contributed by atoms with Crippen LogP contribution in [0.25, 0.3) is 0 Å². The van der Waals surface area contributed by atoms with Crippen molar-refractivity contribution >= 4 is 5.97 Å². The maximum Gasteiger partial charge on any atom is 0.320 e. The molecule has 0 saturated heterocycles. The third kappa shape index (κ3) is 5.92. The van der Waals surface area contributed by atoms with Gasteiger partial charge in [-0.1, -0.05) is 13.8 Å². The number of carboxylic acid groups (broad SMARTS) is 1. The lowest BCUT2D eigenvalue weighted by Crippen LogP contribution is -2.34. The molecule has 6 heteroatoms. The molecule has 0 aliphatic heterocycles. The van der Waals surface area contributed by atoms with E-state index < -0.39 is 12.0 Å². The summed E-state index contributed by atoms with van der Waals surface area (Å²) < 4.78 is 4.69. The van der Waals surface area contributed by atoms with Gasteiger partial charge in [-0.25, -0.2) is 9.97 Å². The van der Waals surface area contributed by atoms with Gasteiger partial charge in [-0.05, 0) is 12.0 Å². The first kappa shape index (κ1) is 14.3. The van der Waals surface area contributed by atoms with Gasteiger partial charge < -0.3 is 15.6 Å². The van der Waals surface area contributed by atoms with Crippen molar-refractivity contribution in [2.75, 3.05) is 7.11 Å². The highest BCUT2D eigenvalue weighted by Crippen LogP contribution is 1.96. The molecule has 1 aromatic rings. The molecule has 90 valence electrons. The summed E-state index contributed by atoms with van der Waals surface area (Å²) in [6.45, 7) is 3.55. The number of hydrogen-bond donors (Lipinski definition) is 2. The van der Waals surface area contributed by atoms with E-state index in [4.69, 9.17) is 15.6 Å². The molecular weight excluding hydrogens is 210 g/mol. The monoisotopic (exact) mass is 227 g/mol. The fraction of sp³-hybridized carbons (Fsp3) is 0.500. The van der Waals surface area contributed by atoms with Crippen LogP contribution in [0.2, 0.25) is 0 Å². The van der Waals surface area contributed by atoms with Crippen molar-refractivity contribution in [3.63, 3.8) is 0 Å². The number of aliphatic carboxylic acids is 1. The van der Waals surface area contributed by atoms with Crippen molar-refractivity contribution < 1.29 is 14.6 Å². The molecule has 1 aromatic heterocycles. The molecule has 6 nitrogen and oxygen atoms in total. The maximum atomic E-state index is 10.0. The Hall–Kier alpha value is -1.69. The zero-order valence-electron chi connectivity index (χ0n) is 9.62. The van der Waals surface area contributed by atoms with Gasteiger partial charge in [0.1, 0.15) is 6.04 Å². The Balaban J connectivity index is 0.000000281. The largest absolute Gasteiger partial charge is 0.480 e. The normalized spacial score (nSPS) is 11.3. The minimum Gasteiger partial charge on any atom is -0.480 e. The first-order valence-electron chi connectivity index (χ1n) is 4.78. The SMILES string of the molecule is CC(C)[C@H](N)C(=O)O.COc1ncccn1. The summed E-state index contributed by atoms with van der Waals surface area (Å²) in [5.41, 5.74) is 5.16. The average molecular weight is 227 g/mol. The molecule has 1 rings (SSSR count). The van der Waals surface area contributed by atoms with Crippen LogP contribution in [0.15, 0.2) is 18.5 Å². The minimum absolute atomic E-state index is 0.0208. The van der Waals surface area contributed by atoms with E-state index in [2.05, 4.69) is 9.97 Å². The van der Waals surface area contributed by atoms with E-state index in [0.717, 1.165) is 0 Å². The summed E-state index contributed by atoms with van der Waals surface area (Å²) in [6, 6.07) is 1.44. The Bertz CT molecular complexity index is 303. The summed E-state index contributed by atoms with van der Waals surface area (Å²) in [7, 11) is 1.54. The number of rotatable bonds is 3. The summed E-state index contributed by atoms with van der Waals surface area (Å²) in [5.74, 6) is -0.910. The third-order valence-corrected chi connectivity index (χ3v) is 1.73. The molecule has 1 atom stereocenters. The van der Waals surface area contributed by atoms with E-state index in [1.165, 1.54) is 7.11 Å². The molecule has 0 aliphatic carbocycles. The van der Waals surface area contributed by atoms with Crippen LogP contribution in [-0.2, 0) is 4.79 Å². The van der Waals surface area contributed by atoms with Crippen molar-refractivity contribution in [2.24, 2.45) is 11.7 Å². The molecular formula is C10H17N3O3. The Morgan fingerprint density at radius 3 is 2.12 bits per heavy atom. The van der Waals surface area contributed by atoms with Gasteiger partial charge in [0.2, 0.25) is 0 Å². The molecule has 3 N–H and O–H groups in total. The van der Waals surface area contributed by atoms with Crippen molar-refractivity contribution in [3.05, 3.63) is 18.5 Å². The quantitative estimate of drug-likeness (QED) is 0.782. The Labute approximate surface area is 94.5 Å². The number of hydrogen-bond acceptors (Lipinski definition) is 5. The topological polar surface area (TPSA) is 98.3 Å². The highest BCUT2D eigenvalue weighted by molar-refractivity contribution is 5.73. The number of carbonyl (C=O) groups is 1. The zero-order valence-corrected chi connectivity index (χ0v) is 9.62. The summed E-state index contributed by atoms with van der Waals surface area (Å²) in [4.78, 5) is 17.5. The summed E-state index contributed by atoms with van der Waals surface area (Å²) in [6.07, 6.45) is 3.26. The maximum absolute atomic E-state index is 10.0. The first-order chi connectivity index (χ1) is 7.49. The van der Waals surface area contributed by atoms with Gasteiger partial charge in [0.05, 0.1) is 7.11 Å². The van der Waals surface area contributed by atoms with Gasteiger partial charge in [0.25, 0.3) is 0 Å². The van der Waals surface area contributed by atoms with Crippen LogP contribution in [0.3, 0.4) is 0 Å². The van der Waals surface area contributed by atoms with E-state index in [9.17, 15) is 4.79 Å². The van der Waals surface area contributed by atoms with E-state index in [1.807, 2.05) is 0 Å². The van der Waals surface area contributed by atoms with Gasteiger partial charge in [0, 0.05) is 12.4 Å². The van der Waals surface area contributed by atoms with Crippen LogP contribution in [0, 0.1) is 5.92 Å². The summed E-state index contributed by atoms with van der Waals surface area (Å²) >= 11 is 0. The first-order valence-corrected chi connectivity index (χ1v) is 4.78. The number of carboxylic acids is 1. The molecule has 0 saturated carbocycles. The van der Waals surface area contributed by atoms with Crippen LogP contribution >= 0.6 is 0 Å². The number of methoxy groups -OCH3 is 1. The van der Waals surface area contributed by atoms with Gasteiger partial charge in [-0.3, -0.25) is 4.79 Å². The minimum atomic E-state index is -0.931. The molecule has 0 radical (unpaired) electrons. The summed E-state index contributed by atoms with van der Waals surface area (Å²) in [5, 5.41) is 8.23. The standard InChI is InChI=1S/C5H6N2O.C5H11NO2/c1-8-5-6-3-2-4-7-5;1-3(2)4(6)5(7)8/h2-4H,1H3;3-4H,6H2,1-2H3,(H,7,8)/t;4-/m.0/s1. The van der Waals surface area contributed by atoms with E-state index in [1.54, 1.807) is 32.3 Å². The molecule has 0 aliphatic rings. The van der Waals surface area contributed by atoms with Crippen LogP contribution in [0.4, 0.5) is 0 Å². The Morgan fingerprint density at radius 1 is 1.44 bits per heavy atom. The van der Waals surface area contributed by atoms with Crippen molar-refractivity contribution in [1.82, 2.24) is 9.97 Å². The van der Waals surface area contributed by atoms with Crippen molar-refractivity contribution in [1.29, 1.82) is 0 Å². The van der Waals surface area contributed by atoms with E-state index in [-0.39, 0.29) is 5.92 Å².